The lowest BCUT2D eigenvalue weighted by Crippen LogP contribution is -2.42. The minimum absolute atomic E-state index is 0.0180. The highest BCUT2D eigenvalue weighted by Gasteiger charge is 2.18. The highest BCUT2D eigenvalue weighted by Crippen LogP contribution is 2.33. The molecule has 32 heavy (non-hydrogen) atoms. The van der Waals surface area contributed by atoms with Crippen LogP contribution in [0.4, 0.5) is 0 Å². The van der Waals surface area contributed by atoms with Gasteiger partial charge in [-0.25, -0.2) is 5.43 Å². The first-order valence-electron chi connectivity index (χ1n) is 9.89. The summed E-state index contributed by atoms with van der Waals surface area (Å²) in [4.78, 5) is 26.9. The van der Waals surface area contributed by atoms with Crippen LogP contribution in [0.5, 0.6) is 5.75 Å². The van der Waals surface area contributed by atoms with Gasteiger partial charge in [0.15, 0.2) is 0 Å². The van der Waals surface area contributed by atoms with Gasteiger partial charge in [0.1, 0.15) is 12.3 Å². The third-order valence-electron chi connectivity index (χ3n) is 5.14. The average Bonchev–Trinajstić information content (AvgIpc) is 3.15. The Balaban J connectivity index is 1.51. The zero-order valence-electron chi connectivity index (χ0n) is 16.9. The fourth-order valence-corrected chi connectivity index (χ4v) is 4.68. The number of aromatic hydroxyl groups is 1. The zero-order valence-corrected chi connectivity index (χ0v) is 20.1. The lowest BCUT2D eigenvalue weighted by molar-refractivity contribution is -0.135. The van der Waals surface area contributed by atoms with Gasteiger partial charge in [-0.15, -0.1) is 0 Å². The van der Waals surface area contributed by atoms with Crippen LogP contribution in [-0.2, 0) is 16.1 Å². The van der Waals surface area contributed by atoms with Crippen LogP contribution in [0.1, 0.15) is 15.9 Å². The summed E-state index contributed by atoms with van der Waals surface area (Å²) in [5, 5.41) is 14.8. The van der Waals surface area contributed by atoms with Crippen LogP contribution in [0.15, 0.2) is 56.6 Å². The topological polar surface area (TPSA) is 96.2 Å². The Hall–Kier alpha value is -2.69. The summed E-state index contributed by atoms with van der Waals surface area (Å²) >= 11 is 6.42. The second-order valence-corrected chi connectivity index (χ2v) is 8.92. The molecule has 0 atom stereocenters. The first-order valence-corrected chi connectivity index (χ1v) is 11.5. The van der Waals surface area contributed by atoms with E-state index in [1.807, 2.05) is 35.0 Å². The van der Waals surface area contributed by atoms with Crippen molar-refractivity contribution < 1.29 is 19.4 Å². The molecule has 0 spiro atoms. The van der Waals surface area contributed by atoms with Crippen molar-refractivity contribution in [2.45, 2.75) is 6.54 Å². The van der Waals surface area contributed by atoms with E-state index in [0.29, 0.717) is 40.8 Å². The largest absolute Gasteiger partial charge is 0.506 e. The number of hydrazone groups is 1. The zero-order chi connectivity index (χ0) is 22.7. The van der Waals surface area contributed by atoms with Crippen molar-refractivity contribution >= 4 is 60.8 Å². The highest BCUT2D eigenvalue weighted by molar-refractivity contribution is 9.11. The number of carbonyl (C=O) groups is 2. The predicted octanol–water partition coefficient (Wildman–Crippen LogP) is 3.49. The quantitative estimate of drug-likeness (QED) is 0.367. The first kappa shape index (κ1) is 22.5. The van der Waals surface area contributed by atoms with E-state index in [9.17, 15) is 14.7 Å². The molecular weight excluding hydrogens is 544 g/mol. The van der Waals surface area contributed by atoms with Crippen LogP contribution < -0.4 is 5.43 Å². The molecule has 0 aliphatic carbocycles. The number of hydrogen-bond acceptors (Lipinski definition) is 5. The van der Waals surface area contributed by atoms with Crippen molar-refractivity contribution in [3.63, 3.8) is 0 Å². The number of para-hydroxylation sites is 1. The number of carbonyl (C=O) groups excluding carboxylic acids is 2. The Bertz CT molecular complexity index is 1180. The number of phenolic OH excluding ortho intramolecular Hbond substituents is 1. The molecule has 0 saturated carbocycles. The molecule has 0 bridgehead atoms. The average molecular weight is 564 g/mol. The SMILES string of the molecule is O=C(N/N=C\c1cn(CC(=O)N2CCOCC2)c2ccccc12)c1cc(Br)c(O)c(Br)c1. The number of aromatic nitrogens is 1. The molecule has 2 N–H and O–H groups in total. The standard InChI is InChI=1S/C22H20Br2N4O4/c23-17-9-14(10-18(24)21(17)30)22(31)26-25-11-15-12-28(19-4-2-1-3-16(15)19)13-20(29)27-5-7-32-8-6-27/h1-4,9-12,30H,5-8,13H2,(H,26,31)/b25-11-. The molecule has 10 heteroatoms. The van der Waals surface area contributed by atoms with Gasteiger partial charge in [-0.05, 0) is 50.1 Å². The molecule has 8 nitrogen and oxygen atoms in total. The van der Waals surface area contributed by atoms with Gasteiger partial charge in [-0.2, -0.15) is 5.10 Å². The van der Waals surface area contributed by atoms with E-state index in [2.05, 4.69) is 42.4 Å². The molecule has 1 aliphatic rings. The van der Waals surface area contributed by atoms with E-state index in [0.717, 1.165) is 16.5 Å². The van der Waals surface area contributed by atoms with Gasteiger partial charge < -0.3 is 19.3 Å². The molecule has 2 amide bonds. The number of fused-ring (bicyclic) bond motifs is 1. The molecule has 1 aromatic heterocycles. The van der Waals surface area contributed by atoms with Crippen LogP contribution in [0.25, 0.3) is 10.9 Å². The van der Waals surface area contributed by atoms with Gasteiger partial charge in [-0.1, -0.05) is 18.2 Å². The second kappa shape index (κ2) is 9.85. The molecule has 2 heterocycles. The van der Waals surface area contributed by atoms with E-state index < -0.39 is 5.91 Å². The van der Waals surface area contributed by atoms with Crippen LogP contribution in [0.2, 0.25) is 0 Å². The molecule has 0 unspecified atom stereocenters. The number of ether oxygens (including phenoxy) is 1. The van der Waals surface area contributed by atoms with Gasteiger partial charge in [0.2, 0.25) is 5.91 Å². The van der Waals surface area contributed by atoms with Crippen LogP contribution in [0.3, 0.4) is 0 Å². The lowest BCUT2D eigenvalue weighted by Gasteiger charge is -2.27. The Morgan fingerprint density at radius 1 is 1.16 bits per heavy atom. The fourth-order valence-electron chi connectivity index (χ4n) is 3.49. The number of nitrogens with zero attached hydrogens (tertiary/aromatic N) is 3. The molecule has 0 radical (unpaired) electrons. The van der Waals surface area contributed by atoms with E-state index in [1.165, 1.54) is 12.1 Å². The van der Waals surface area contributed by atoms with Gasteiger partial charge >= 0.3 is 0 Å². The van der Waals surface area contributed by atoms with Crippen LogP contribution >= 0.6 is 31.9 Å². The van der Waals surface area contributed by atoms with E-state index in [4.69, 9.17) is 4.74 Å². The van der Waals surface area contributed by atoms with Crippen molar-refractivity contribution in [1.82, 2.24) is 14.9 Å². The molecule has 4 rings (SSSR count). The summed E-state index contributed by atoms with van der Waals surface area (Å²) in [6.07, 6.45) is 3.41. The molecule has 3 aromatic rings. The maximum Gasteiger partial charge on any atom is 0.271 e. The molecule has 1 aliphatic heterocycles. The van der Waals surface area contributed by atoms with Crippen molar-refractivity contribution in [1.29, 1.82) is 0 Å². The van der Waals surface area contributed by atoms with E-state index >= 15 is 0 Å². The molecule has 1 saturated heterocycles. The molecule has 2 aromatic carbocycles. The summed E-state index contributed by atoms with van der Waals surface area (Å²) in [6, 6.07) is 10.7. The highest BCUT2D eigenvalue weighted by atomic mass is 79.9. The maximum atomic E-state index is 12.7. The number of hydrogen-bond donors (Lipinski definition) is 2. The van der Waals surface area contributed by atoms with Gasteiger partial charge in [-0.3, -0.25) is 9.59 Å². The summed E-state index contributed by atoms with van der Waals surface area (Å²) in [7, 11) is 0. The number of halogens is 2. The summed E-state index contributed by atoms with van der Waals surface area (Å²) < 4.78 is 8.01. The number of rotatable bonds is 5. The van der Waals surface area contributed by atoms with Crippen molar-refractivity contribution in [3.05, 3.63) is 62.7 Å². The minimum atomic E-state index is -0.422. The number of nitrogens with one attached hydrogen (secondary N) is 1. The maximum absolute atomic E-state index is 12.7. The van der Waals surface area contributed by atoms with Gasteiger partial charge in [0.25, 0.3) is 5.91 Å². The summed E-state index contributed by atoms with van der Waals surface area (Å²) in [5.41, 5.74) is 4.52. The molecular formula is C22H20Br2N4O4. The third-order valence-corrected chi connectivity index (χ3v) is 6.35. The first-order chi connectivity index (χ1) is 15.4. The summed E-state index contributed by atoms with van der Waals surface area (Å²) in [5.74, 6) is -0.368. The predicted molar refractivity (Wildman–Crippen MR) is 128 cm³/mol. The Labute approximate surface area is 201 Å². The van der Waals surface area contributed by atoms with E-state index in [-0.39, 0.29) is 18.2 Å². The second-order valence-electron chi connectivity index (χ2n) is 7.21. The number of phenols is 1. The fraction of sp³-hybridized carbons (Fsp3) is 0.227. The molecule has 166 valence electrons. The molecule has 1 fully saturated rings. The Morgan fingerprint density at radius 2 is 1.84 bits per heavy atom. The minimum Gasteiger partial charge on any atom is -0.506 e. The number of benzene rings is 2. The monoisotopic (exact) mass is 562 g/mol. The Morgan fingerprint density at radius 3 is 2.56 bits per heavy atom. The van der Waals surface area contributed by atoms with Crippen molar-refractivity contribution in [2.75, 3.05) is 26.3 Å². The van der Waals surface area contributed by atoms with Crippen molar-refractivity contribution in [2.24, 2.45) is 5.10 Å². The van der Waals surface area contributed by atoms with E-state index in [1.54, 1.807) is 11.1 Å². The summed E-state index contributed by atoms with van der Waals surface area (Å²) in [6.45, 7) is 2.54. The third kappa shape index (κ3) is 4.87. The smallest absolute Gasteiger partial charge is 0.271 e. The number of amides is 2. The van der Waals surface area contributed by atoms with Crippen LogP contribution in [-0.4, -0.2) is 58.9 Å². The van der Waals surface area contributed by atoms with Gasteiger partial charge in [0.05, 0.1) is 28.4 Å². The lowest BCUT2D eigenvalue weighted by atomic mass is 10.2. The van der Waals surface area contributed by atoms with Gasteiger partial charge in [0, 0.05) is 41.3 Å². The van der Waals surface area contributed by atoms with Crippen molar-refractivity contribution in [3.8, 4) is 5.75 Å². The normalized spacial score (nSPS) is 14.2. The number of morpholine rings is 1. The van der Waals surface area contributed by atoms with Crippen LogP contribution in [0, 0.1) is 0 Å². The Kier molecular flexibility index (Phi) is 6.92.